The number of amides is 1. The van der Waals surface area contributed by atoms with Crippen molar-refractivity contribution in [1.82, 2.24) is 5.32 Å². The number of carbonyl (C=O) groups is 2. The summed E-state index contributed by atoms with van der Waals surface area (Å²) in [5.41, 5.74) is -0.366. The van der Waals surface area contributed by atoms with E-state index in [1.54, 1.807) is 0 Å². The number of sulfone groups is 1. The Morgan fingerprint density at radius 1 is 1.25 bits per heavy atom. The molecule has 0 aromatic heterocycles. The second-order valence-electron chi connectivity index (χ2n) is 3.81. The summed E-state index contributed by atoms with van der Waals surface area (Å²) in [5, 5.41) is 10.9. The predicted molar refractivity (Wildman–Crippen MR) is 74.2 cm³/mol. The smallest absolute Gasteiger partial charge is 0.337 e. The molecule has 0 aliphatic carbocycles. The first-order chi connectivity index (χ1) is 9.19. The van der Waals surface area contributed by atoms with Gasteiger partial charge in [-0.05, 0) is 12.1 Å². The summed E-state index contributed by atoms with van der Waals surface area (Å²) >= 11 is 11.5. The Kier molecular flexibility index (Phi) is 5.38. The summed E-state index contributed by atoms with van der Waals surface area (Å²) in [7, 11) is -2.50. The fourth-order valence-corrected chi connectivity index (χ4v) is 3.54. The van der Waals surface area contributed by atoms with Gasteiger partial charge < -0.3 is 10.4 Å². The Morgan fingerprint density at radius 3 is 2.35 bits per heavy atom. The molecule has 0 atom stereocenters. The second-order valence-corrected chi connectivity index (χ2v) is 6.70. The van der Waals surface area contributed by atoms with Crippen molar-refractivity contribution in [2.24, 2.45) is 0 Å². The molecular weight excluding hydrogens is 329 g/mol. The maximum atomic E-state index is 12.1. The number of halogens is 2. The Labute approximate surface area is 125 Å². The minimum absolute atomic E-state index is 0.159. The Bertz CT molecular complexity index is 657. The Morgan fingerprint density at radius 2 is 1.85 bits per heavy atom. The average Bonchev–Trinajstić information content (AvgIpc) is 2.35. The minimum atomic E-state index is -3.88. The van der Waals surface area contributed by atoms with Gasteiger partial charge in [-0.25, -0.2) is 13.2 Å². The van der Waals surface area contributed by atoms with Crippen LogP contribution in [-0.4, -0.2) is 38.2 Å². The number of benzene rings is 1. The lowest BCUT2D eigenvalue weighted by Crippen LogP contribution is -2.21. The number of nitrogens with one attached hydrogen (secondary N) is 1. The average molecular weight is 340 g/mol. The minimum Gasteiger partial charge on any atom is -0.478 e. The van der Waals surface area contributed by atoms with Crippen molar-refractivity contribution in [2.45, 2.75) is 11.3 Å². The lowest BCUT2D eigenvalue weighted by atomic mass is 10.2. The lowest BCUT2D eigenvalue weighted by molar-refractivity contribution is -0.120. The number of hydrogen-bond donors (Lipinski definition) is 2. The highest BCUT2D eigenvalue weighted by Crippen LogP contribution is 2.29. The molecule has 0 heterocycles. The van der Waals surface area contributed by atoms with Crippen molar-refractivity contribution in [2.75, 3.05) is 12.8 Å². The van der Waals surface area contributed by atoms with Crippen LogP contribution >= 0.6 is 23.2 Å². The predicted octanol–water partition coefficient (Wildman–Crippen LogP) is 1.60. The molecule has 1 rings (SSSR count). The van der Waals surface area contributed by atoms with Gasteiger partial charge in [0.25, 0.3) is 0 Å². The topological polar surface area (TPSA) is 101 Å². The Balaban J connectivity index is 3.21. The monoisotopic (exact) mass is 339 g/mol. The molecule has 0 bridgehead atoms. The number of carbonyl (C=O) groups excluding carboxylic acids is 1. The molecule has 1 aromatic carbocycles. The molecule has 2 N–H and O–H groups in total. The van der Waals surface area contributed by atoms with E-state index in [2.05, 4.69) is 5.32 Å². The number of carboxylic acid groups (broad SMARTS) is 1. The number of carboxylic acids is 1. The zero-order valence-corrected chi connectivity index (χ0v) is 12.6. The molecular formula is C11H11Cl2NO5S. The summed E-state index contributed by atoms with van der Waals surface area (Å²) < 4.78 is 24.1. The van der Waals surface area contributed by atoms with Crippen LogP contribution in [0.3, 0.4) is 0 Å². The summed E-state index contributed by atoms with van der Waals surface area (Å²) in [4.78, 5) is 21.7. The third-order valence-corrected chi connectivity index (χ3v) is 4.95. The molecule has 0 fully saturated rings. The van der Waals surface area contributed by atoms with Crippen LogP contribution in [0.15, 0.2) is 17.0 Å². The van der Waals surface area contributed by atoms with E-state index in [0.29, 0.717) is 0 Å². The van der Waals surface area contributed by atoms with Crippen LogP contribution in [0.25, 0.3) is 0 Å². The van der Waals surface area contributed by atoms with Gasteiger partial charge in [-0.2, -0.15) is 0 Å². The highest BCUT2D eigenvalue weighted by molar-refractivity contribution is 7.91. The van der Waals surface area contributed by atoms with Gasteiger partial charge in [0.15, 0.2) is 9.84 Å². The molecule has 0 radical (unpaired) electrons. The maximum absolute atomic E-state index is 12.1. The van der Waals surface area contributed by atoms with Crippen LogP contribution in [0.1, 0.15) is 16.8 Å². The summed E-state index contributed by atoms with van der Waals surface area (Å²) in [5.74, 6) is -2.29. The molecule has 1 aromatic rings. The van der Waals surface area contributed by atoms with Gasteiger partial charge in [-0.1, -0.05) is 23.2 Å². The third kappa shape index (κ3) is 3.84. The molecule has 0 aliphatic heterocycles. The molecule has 110 valence electrons. The molecule has 0 saturated carbocycles. The largest absolute Gasteiger partial charge is 0.478 e. The molecule has 20 heavy (non-hydrogen) atoms. The first-order valence-corrected chi connectivity index (χ1v) is 7.75. The zero-order valence-electron chi connectivity index (χ0n) is 10.3. The Hall–Kier alpha value is -1.31. The van der Waals surface area contributed by atoms with E-state index in [4.69, 9.17) is 28.3 Å². The van der Waals surface area contributed by atoms with Crippen LogP contribution in [-0.2, 0) is 14.6 Å². The maximum Gasteiger partial charge on any atom is 0.337 e. The van der Waals surface area contributed by atoms with E-state index in [9.17, 15) is 18.0 Å². The first-order valence-electron chi connectivity index (χ1n) is 5.34. The van der Waals surface area contributed by atoms with Crippen molar-refractivity contribution in [3.8, 4) is 0 Å². The van der Waals surface area contributed by atoms with Crippen molar-refractivity contribution in [3.63, 3.8) is 0 Å². The molecule has 0 unspecified atom stereocenters. The van der Waals surface area contributed by atoms with Gasteiger partial charge in [0.1, 0.15) is 0 Å². The molecule has 0 aliphatic rings. The van der Waals surface area contributed by atoms with Crippen molar-refractivity contribution in [1.29, 1.82) is 0 Å². The van der Waals surface area contributed by atoms with Crippen molar-refractivity contribution in [3.05, 3.63) is 27.7 Å². The SMILES string of the molecule is CNC(=O)CCS(=O)(=O)c1cc(C(=O)O)c(Cl)cc1Cl. The van der Waals surface area contributed by atoms with Crippen LogP contribution in [0, 0.1) is 0 Å². The van der Waals surface area contributed by atoms with E-state index >= 15 is 0 Å². The summed E-state index contributed by atoms with van der Waals surface area (Å²) in [6.45, 7) is 0. The van der Waals surface area contributed by atoms with E-state index < -0.39 is 27.5 Å². The number of aromatic carboxylic acids is 1. The second kappa shape index (κ2) is 6.43. The van der Waals surface area contributed by atoms with E-state index in [1.807, 2.05) is 0 Å². The molecule has 0 saturated heterocycles. The lowest BCUT2D eigenvalue weighted by Gasteiger charge is -2.08. The third-order valence-electron chi connectivity index (χ3n) is 2.46. The van der Waals surface area contributed by atoms with Crippen LogP contribution < -0.4 is 5.32 Å². The normalized spacial score (nSPS) is 11.2. The van der Waals surface area contributed by atoms with Gasteiger partial charge in [-0.15, -0.1) is 0 Å². The fourth-order valence-electron chi connectivity index (χ4n) is 1.39. The van der Waals surface area contributed by atoms with Gasteiger partial charge in [0.2, 0.25) is 5.91 Å². The molecule has 6 nitrogen and oxygen atoms in total. The zero-order chi connectivity index (χ0) is 15.5. The fraction of sp³-hybridized carbons (Fsp3) is 0.273. The van der Waals surface area contributed by atoms with Gasteiger partial charge in [0.05, 0.1) is 26.3 Å². The molecule has 0 spiro atoms. The quantitative estimate of drug-likeness (QED) is 0.848. The standard InChI is InChI=1S/C11H11Cl2NO5S/c1-14-10(15)2-3-20(18,19)9-4-6(11(16)17)7(12)5-8(9)13/h4-5H,2-3H2,1H3,(H,14,15)(H,16,17). The number of hydrogen-bond acceptors (Lipinski definition) is 4. The first kappa shape index (κ1) is 16.7. The van der Waals surface area contributed by atoms with Crippen LogP contribution in [0.2, 0.25) is 10.0 Å². The highest BCUT2D eigenvalue weighted by Gasteiger charge is 2.23. The van der Waals surface area contributed by atoms with Crippen molar-refractivity contribution < 1.29 is 23.1 Å². The van der Waals surface area contributed by atoms with E-state index in [-0.39, 0.29) is 26.9 Å². The van der Waals surface area contributed by atoms with Gasteiger partial charge >= 0.3 is 5.97 Å². The van der Waals surface area contributed by atoms with Gasteiger partial charge in [0, 0.05) is 13.5 Å². The summed E-state index contributed by atoms with van der Waals surface area (Å²) in [6, 6.07) is 1.95. The van der Waals surface area contributed by atoms with Crippen LogP contribution in [0.5, 0.6) is 0 Å². The number of rotatable bonds is 5. The molecule has 9 heteroatoms. The van der Waals surface area contributed by atoms with E-state index in [0.717, 1.165) is 12.1 Å². The van der Waals surface area contributed by atoms with Crippen LogP contribution in [0.4, 0.5) is 0 Å². The van der Waals surface area contributed by atoms with Crippen molar-refractivity contribution >= 4 is 44.9 Å². The van der Waals surface area contributed by atoms with E-state index in [1.165, 1.54) is 7.05 Å². The highest BCUT2D eigenvalue weighted by atomic mass is 35.5. The molecule has 1 amide bonds. The summed E-state index contributed by atoms with van der Waals surface area (Å²) in [6.07, 6.45) is -0.250. The van der Waals surface area contributed by atoms with Gasteiger partial charge in [-0.3, -0.25) is 4.79 Å².